The molecule has 1 aromatic heterocycles. The first kappa shape index (κ1) is 18.8. The number of hydrogen-bond acceptors (Lipinski definition) is 7. The zero-order valence-corrected chi connectivity index (χ0v) is 14.7. The minimum Gasteiger partial charge on any atom is -0.480 e. The molecular weight excluding hydrogens is 362 g/mol. The Kier molecular flexibility index (Phi) is 5.75. The fourth-order valence-corrected chi connectivity index (χ4v) is 2.46. The molecule has 0 bridgehead atoms. The number of rotatable bonds is 8. The van der Waals surface area contributed by atoms with Crippen LogP contribution in [-0.2, 0) is 11.3 Å². The standard InChI is InChI=1S/C19H17N5O4/c25-18(26)12-21-19-22-16(14-4-2-1-3-5-14)10-17(23-19)20-11-13-6-8-15(9-7-13)24(27)28/h1-10H,11-12H2,(H,25,26)(H2,20,21,22,23). The quantitative estimate of drug-likeness (QED) is 0.402. The minimum atomic E-state index is -1.02. The fraction of sp³-hybridized carbons (Fsp3) is 0.105. The number of benzene rings is 2. The Morgan fingerprint density at radius 2 is 1.75 bits per heavy atom. The van der Waals surface area contributed by atoms with Gasteiger partial charge >= 0.3 is 5.97 Å². The van der Waals surface area contributed by atoms with Crippen molar-refractivity contribution in [3.05, 3.63) is 76.3 Å². The monoisotopic (exact) mass is 379 g/mol. The van der Waals surface area contributed by atoms with Crippen LogP contribution in [0.2, 0.25) is 0 Å². The van der Waals surface area contributed by atoms with Crippen LogP contribution in [0.25, 0.3) is 11.3 Å². The van der Waals surface area contributed by atoms with Crippen LogP contribution in [0.15, 0.2) is 60.7 Å². The molecule has 3 N–H and O–H groups in total. The van der Waals surface area contributed by atoms with E-state index >= 15 is 0 Å². The molecule has 9 nitrogen and oxygen atoms in total. The summed E-state index contributed by atoms with van der Waals surface area (Å²) in [6.45, 7) is 0.0850. The summed E-state index contributed by atoms with van der Waals surface area (Å²) in [5.41, 5.74) is 2.36. The Labute approximate surface area is 160 Å². The van der Waals surface area contributed by atoms with Crippen LogP contribution in [-0.4, -0.2) is 32.5 Å². The average Bonchev–Trinajstić information content (AvgIpc) is 2.71. The maximum Gasteiger partial charge on any atom is 0.322 e. The molecule has 2 aromatic carbocycles. The van der Waals surface area contributed by atoms with Crippen LogP contribution >= 0.6 is 0 Å². The van der Waals surface area contributed by atoms with Crippen LogP contribution in [0.1, 0.15) is 5.56 Å². The molecule has 0 saturated carbocycles. The van der Waals surface area contributed by atoms with Crippen molar-refractivity contribution in [3.8, 4) is 11.3 Å². The average molecular weight is 379 g/mol. The number of nitro benzene ring substituents is 1. The summed E-state index contributed by atoms with van der Waals surface area (Å²) in [6, 6.07) is 17.4. The topological polar surface area (TPSA) is 130 Å². The number of aliphatic carboxylic acids is 1. The number of carboxylic acids is 1. The number of anilines is 2. The zero-order valence-electron chi connectivity index (χ0n) is 14.7. The molecule has 1 heterocycles. The second kappa shape index (κ2) is 8.58. The highest BCUT2D eigenvalue weighted by atomic mass is 16.6. The van der Waals surface area contributed by atoms with Crippen LogP contribution in [0.3, 0.4) is 0 Å². The van der Waals surface area contributed by atoms with Crippen molar-refractivity contribution in [2.45, 2.75) is 6.54 Å². The van der Waals surface area contributed by atoms with Gasteiger partial charge in [0.05, 0.1) is 10.6 Å². The number of non-ortho nitro benzene ring substituents is 1. The molecule has 28 heavy (non-hydrogen) atoms. The van der Waals surface area contributed by atoms with Gasteiger partial charge in [-0.25, -0.2) is 4.98 Å². The van der Waals surface area contributed by atoms with Crippen molar-refractivity contribution in [3.63, 3.8) is 0 Å². The molecule has 0 atom stereocenters. The molecule has 0 aliphatic heterocycles. The molecule has 3 rings (SSSR count). The lowest BCUT2D eigenvalue weighted by Gasteiger charge is -2.11. The number of nitro groups is 1. The Bertz CT molecular complexity index is 977. The van der Waals surface area contributed by atoms with Crippen LogP contribution in [0, 0.1) is 10.1 Å². The third-order valence-electron chi connectivity index (χ3n) is 3.81. The lowest BCUT2D eigenvalue weighted by Crippen LogP contribution is -2.15. The molecule has 0 amide bonds. The number of nitrogens with one attached hydrogen (secondary N) is 2. The van der Waals surface area contributed by atoms with E-state index in [1.165, 1.54) is 12.1 Å². The van der Waals surface area contributed by atoms with Crippen molar-refractivity contribution >= 4 is 23.4 Å². The maximum absolute atomic E-state index is 10.8. The third-order valence-corrected chi connectivity index (χ3v) is 3.81. The van der Waals surface area contributed by atoms with Gasteiger partial charge in [0.15, 0.2) is 0 Å². The molecule has 0 saturated heterocycles. The highest BCUT2D eigenvalue weighted by molar-refractivity contribution is 5.72. The van der Waals surface area contributed by atoms with Gasteiger partial charge in [-0.2, -0.15) is 4.98 Å². The van der Waals surface area contributed by atoms with Gasteiger partial charge in [-0.15, -0.1) is 0 Å². The molecular formula is C19H17N5O4. The summed E-state index contributed by atoms with van der Waals surface area (Å²) in [5, 5.41) is 25.4. The smallest absolute Gasteiger partial charge is 0.322 e. The first-order chi connectivity index (χ1) is 13.5. The number of aromatic nitrogens is 2. The molecule has 0 fully saturated rings. The van der Waals surface area contributed by atoms with Gasteiger partial charge in [-0.3, -0.25) is 14.9 Å². The first-order valence-corrected chi connectivity index (χ1v) is 8.38. The molecule has 9 heteroatoms. The predicted molar refractivity (Wildman–Crippen MR) is 104 cm³/mol. The van der Waals surface area contributed by atoms with Crippen LogP contribution in [0.4, 0.5) is 17.5 Å². The van der Waals surface area contributed by atoms with E-state index in [2.05, 4.69) is 20.6 Å². The Hall–Kier alpha value is -4.01. The van der Waals surface area contributed by atoms with E-state index in [0.29, 0.717) is 18.1 Å². The molecule has 0 radical (unpaired) electrons. The van der Waals surface area contributed by atoms with E-state index in [1.807, 2.05) is 30.3 Å². The number of carbonyl (C=O) groups is 1. The van der Waals surface area contributed by atoms with E-state index in [4.69, 9.17) is 5.11 Å². The van der Waals surface area contributed by atoms with Crippen molar-refractivity contribution in [2.24, 2.45) is 0 Å². The molecule has 3 aromatic rings. The fourth-order valence-electron chi connectivity index (χ4n) is 2.46. The summed E-state index contributed by atoms with van der Waals surface area (Å²) in [4.78, 5) is 29.7. The first-order valence-electron chi connectivity index (χ1n) is 8.38. The van der Waals surface area contributed by atoms with Gasteiger partial charge < -0.3 is 15.7 Å². The molecule has 0 spiro atoms. The van der Waals surface area contributed by atoms with E-state index in [9.17, 15) is 14.9 Å². The van der Waals surface area contributed by atoms with Gasteiger partial charge in [0.2, 0.25) is 5.95 Å². The highest BCUT2D eigenvalue weighted by Crippen LogP contribution is 2.22. The van der Waals surface area contributed by atoms with E-state index in [1.54, 1.807) is 18.2 Å². The third kappa shape index (κ3) is 5.01. The minimum absolute atomic E-state index is 0.0253. The number of hydrogen-bond donors (Lipinski definition) is 3. The van der Waals surface area contributed by atoms with Crippen molar-refractivity contribution in [1.29, 1.82) is 0 Å². The second-order valence-electron chi connectivity index (χ2n) is 5.85. The number of nitrogens with zero attached hydrogens (tertiary/aromatic N) is 3. The molecule has 0 aliphatic carbocycles. The van der Waals surface area contributed by atoms with Gasteiger partial charge in [0.25, 0.3) is 5.69 Å². The Balaban J connectivity index is 1.81. The second-order valence-corrected chi connectivity index (χ2v) is 5.85. The van der Waals surface area contributed by atoms with Crippen LogP contribution in [0.5, 0.6) is 0 Å². The van der Waals surface area contributed by atoms with E-state index in [0.717, 1.165) is 11.1 Å². The van der Waals surface area contributed by atoms with Gasteiger partial charge in [-0.1, -0.05) is 42.5 Å². The van der Waals surface area contributed by atoms with Crippen LogP contribution < -0.4 is 10.6 Å². The number of carboxylic acid groups (broad SMARTS) is 1. The zero-order chi connectivity index (χ0) is 19.9. The molecule has 0 aliphatic rings. The summed E-state index contributed by atoms with van der Waals surface area (Å²) in [7, 11) is 0. The van der Waals surface area contributed by atoms with Crippen molar-refractivity contribution in [1.82, 2.24) is 9.97 Å². The molecule has 0 unspecified atom stereocenters. The normalized spacial score (nSPS) is 10.3. The van der Waals surface area contributed by atoms with E-state index < -0.39 is 10.9 Å². The lowest BCUT2D eigenvalue weighted by atomic mass is 10.1. The predicted octanol–water partition coefficient (Wildman–Crippen LogP) is 3.16. The SMILES string of the molecule is O=C(O)CNc1nc(NCc2ccc([N+](=O)[O-])cc2)cc(-c2ccccc2)n1. The van der Waals surface area contributed by atoms with Gasteiger partial charge in [0.1, 0.15) is 12.4 Å². The maximum atomic E-state index is 10.8. The van der Waals surface area contributed by atoms with Gasteiger partial charge in [-0.05, 0) is 5.56 Å². The van der Waals surface area contributed by atoms with Crippen molar-refractivity contribution in [2.75, 3.05) is 17.2 Å². The summed E-state index contributed by atoms with van der Waals surface area (Å²) < 4.78 is 0. The largest absolute Gasteiger partial charge is 0.480 e. The van der Waals surface area contributed by atoms with Gasteiger partial charge in [0, 0.05) is 30.3 Å². The summed E-state index contributed by atoms with van der Waals surface area (Å²) in [6.07, 6.45) is 0. The lowest BCUT2D eigenvalue weighted by molar-refractivity contribution is -0.384. The molecule has 142 valence electrons. The Morgan fingerprint density at radius 1 is 1.04 bits per heavy atom. The summed E-state index contributed by atoms with van der Waals surface area (Å²) in [5.74, 6) is -0.329. The van der Waals surface area contributed by atoms with E-state index in [-0.39, 0.29) is 18.2 Å². The highest BCUT2D eigenvalue weighted by Gasteiger charge is 2.09. The summed E-state index contributed by atoms with van der Waals surface area (Å²) >= 11 is 0. The van der Waals surface area contributed by atoms with Crippen molar-refractivity contribution < 1.29 is 14.8 Å². The Morgan fingerprint density at radius 3 is 2.39 bits per heavy atom.